The highest BCUT2D eigenvalue weighted by Gasteiger charge is 2.51. The molecule has 1 spiro atoms. The Morgan fingerprint density at radius 3 is 1.39 bits per heavy atom. The summed E-state index contributed by atoms with van der Waals surface area (Å²) in [6.07, 6.45) is 0. The molecule has 2 aliphatic rings. The lowest BCUT2D eigenvalue weighted by molar-refractivity contribution is 0.792. The van der Waals surface area contributed by atoms with E-state index in [0.717, 1.165) is 17.1 Å². The summed E-state index contributed by atoms with van der Waals surface area (Å²) < 4.78 is 0. The van der Waals surface area contributed by atoms with Gasteiger partial charge in [0.15, 0.2) is 0 Å². The van der Waals surface area contributed by atoms with Crippen LogP contribution in [0.3, 0.4) is 0 Å². The third kappa shape index (κ3) is 4.51. The van der Waals surface area contributed by atoms with Crippen LogP contribution in [0.15, 0.2) is 206 Å². The first-order valence-corrected chi connectivity index (χ1v) is 19.9. The van der Waals surface area contributed by atoms with Crippen molar-refractivity contribution in [2.24, 2.45) is 0 Å². The molecular weight excluding hydrogens is 687 g/mol. The molecule has 57 heavy (non-hydrogen) atoms. The Morgan fingerprint density at radius 2 is 0.737 bits per heavy atom. The topological polar surface area (TPSA) is 3.24 Å². The van der Waals surface area contributed by atoms with E-state index in [9.17, 15) is 0 Å². The number of benzene rings is 10. The molecule has 0 saturated heterocycles. The highest BCUT2D eigenvalue weighted by atomic mass is 15.1. The van der Waals surface area contributed by atoms with E-state index in [1.165, 1.54) is 93.5 Å². The monoisotopic (exact) mass is 723 g/mol. The number of hydrogen-bond donors (Lipinski definition) is 0. The predicted octanol–water partition coefficient (Wildman–Crippen LogP) is 14.9. The minimum atomic E-state index is -0.429. The normalized spacial score (nSPS) is 13.1. The Labute approximate surface area is 332 Å². The lowest BCUT2D eigenvalue weighted by Crippen LogP contribution is -2.26. The Kier molecular flexibility index (Phi) is 6.83. The molecule has 266 valence electrons. The van der Waals surface area contributed by atoms with Gasteiger partial charge in [0.05, 0.1) is 5.41 Å². The zero-order valence-corrected chi connectivity index (χ0v) is 31.6. The Bertz CT molecular complexity index is 3160. The summed E-state index contributed by atoms with van der Waals surface area (Å²) in [5.74, 6) is 0. The lowest BCUT2D eigenvalue weighted by Gasteiger charge is -2.32. The van der Waals surface area contributed by atoms with Gasteiger partial charge in [0.1, 0.15) is 0 Å². The van der Waals surface area contributed by atoms with Crippen LogP contribution in [-0.2, 0) is 5.41 Å². The van der Waals surface area contributed by atoms with Crippen LogP contribution in [0, 0.1) is 6.92 Å². The second-order valence-corrected chi connectivity index (χ2v) is 15.7. The number of nitrogens with zero attached hydrogens (tertiary/aromatic N) is 1. The van der Waals surface area contributed by atoms with Gasteiger partial charge in [-0.05, 0) is 131 Å². The van der Waals surface area contributed by atoms with Gasteiger partial charge in [-0.3, -0.25) is 0 Å². The summed E-state index contributed by atoms with van der Waals surface area (Å²) in [6.45, 7) is 2.22. The quantitative estimate of drug-likeness (QED) is 0.163. The standard InChI is InChI=1S/C56H37N/c1-36-23-30-49-50-32-29-41(35-55(50)56(54(49)33-36)52-21-11-9-19-47(52)48-20-10-12-22-53(48)56)57(39-26-24-38(25-27-39)37-13-3-2-4-14-37)40-28-31-46-44-17-6-5-15-42(44)43-16-7-8-18-45(43)51(46)34-40/h2-35H,1H3. The lowest BCUT2D eigenvalue weighted by atomic mass is 9.70. The molecule has 0 unspecified atom stereocenters. The fourth-order valence-electron chi connectivity index (χ4n) is 10.3. The van der Waals surface area contributed by atoms with E-state index < -0.39 is 5.41 Å². The number of rotatable bonds is 4. The molecule has 12 rings (SSSR count). The van der Waals surface area contributed by atoms with Crippen molar-refractivity contribution in [3.05, 3.63) is 234 Å². The molecule has 0 bridgehead atoms. The molecule has 0 radical (unpaired) electrons. The van der Waals surface area contributed by atoms with E-state index in [1.807, 2.05) is 0 Å². The number of fused-ring (bicyclic) bond motifs is 16. The van der Waals surface area contributed by atoms with Crippen molar-refractivity contribution < 1.29 is 0 Å². The first-order chi connectivity index (χ1) is 28.2. The van der Waals surface area contributed by atoms with Gasteiger partial charge >= 0.3 is 0 Å². The SMILES string of the molecule is Cc1ccc2c(c1)C1(c3ccccc3-c3ccccc31)c1cc(N(c3ccc(-c4ccccc4)cc3)c3ccc4c5ccccc5c5ccccc5c4c3)ccc1-2. The zero-order chi connectivity index (χ0) is 37.7. The second kappa shape index (κ2) is 12.1. The molecule has 0 amide bonds. The first kappa shape index (κ1) is 32.1. The summed E-state index contributed by atoms with van der Waals surface area (Å²) in [7, 11) is 0. The average molecular weight is 724 g/mol. The van der Waals surface area contributed by atoms with Gasteiger partial charge in [-0.2, -0.15) is 0 Å². The Balaban J connectivity index is 1.13. The molecule has 10 aromatic rings. The smallest absolute Gasteiger partial charge is 0.0726 e. The van der Waals surface area contributed by atoms with Crippen molar-refractivity contribution in [3.8, 4) is 33.4 Å². The number of aryl methyl sites for hydroxylation is 1. The van der Waals surface area contributed by atoms with E-state index in [-0.39, 0.29) is 0 Å². The molecule has 2 aliphatic carbocycles. The van der Waals surface area contributed by atoms with Gasteiger partial charge in [-0.25, -0.2) is 0 Å². The van der Waals surface area contributed by atoms with Gasteiger partial charge in [0.2, 0.25) is 0 Å². The molecular formula is C56H37N. The summed E-state index contributed by atoms with van der Waals surface area (Å²) in [4.78, 5) is 2.47. The van der Waals surface area contributed by atoms with Gasteiger partial charge < -0.3 is 4.90 Å². The van der Waals surface area contributed by atoms with Crippen LogP contribution < -0.4 is 4.90 Å². The van der Waals surface area contributed by atoms with E-state index in [4.69, 9.17) is 0 Å². The molecule has 0 saturated carbocycles. The third-order valence-electron chi connectivity index (χ3n) is 12.7. The van der Waals surface area contributed by atoms with Crippen molar-refractivity contribution in [1.82, 2.24) is 0 Å². The molecule has 10 aromatic carbocycles. The van der Waals surface area contributed by atoms with Crippen LogP contribution in [0.25, 0.3) is 65.7 Å². The van der Waals surface area contributed by atoms with E-state index in [1.54, 1.807) is 0 Å². The van der Waals surface area contributed by atoms with E-state index >= 15 is 0 Å². The van der Waals surface area contributed by atoms with Crippen LogP contribution in [-0.4, -0.2) is 0 Å². The maximum atomic E-state index is 2.50. The molecule has 0 atom stereocenters. The van der Waals surface area contributed by atoms with Crippen molar-refractivity contribution in [2.45, 2.75) is 12.3 Å². The summed E-state index contributed by atoms with van der Waals surface area (Å²) in [6, 6.07) is 76.9. The maximum absolute atomic E-state index is 2.50. The largest absolute Gasteiger partial charge is 0.310 e. The van der Waals surface area contributed by atoms with E-state index in [2.05, 4.69) is 218 Å². The van der Waals surface area contributed by atoms with Crippen molar-refractivity contribution in [1.29, 1.82) is 0 Å². The fourth-order valence-corrected chi connectivity index (χ4v) is 10.3. The van der Waals surface area contributed by atoms with Crippen LogP contribution in [0.1, 0.15) is 27.8 Å². The van der Waals surface area contributed by atoms with Gasteiger partial charge in [0, 0.05) is 17.1 Å². The minimum Gasteiger partial charge on any atom is -0.310 e. The van der Waals surface area contributed by atoms with Crippen LogP contribution in [0.2, 0.25) is 0 Å². The van der Waals surface area contributed by atoms with Crippen molar-refractivity contribution in [3.63, 3.8) is 0 Å². The van der Waals surface area contributed by atoms with Crippen LogP contribution >= 0.6 is 0 Å². The summed E-state index contributed by atoms with van der Waals surface area (Å²) in [5, 5.41) is 7.64. The van der Waals surface area contributed by atoms with Crippen molar-refractivity contribution >= 4 is 49.4 Å². The third-order valence-corrected chi connectivity index (χ3v) is 12.7. The second-order valence-electron chi connectivity index (χ2n) is 15.7. The Morgan fingerprint density at radius 1 is 0.298 bits per heavy atom. The average Bonchev–Trinajstić information content (AvgIpc) is 3.74. The highest BCUT2D eigenvalue weighted by Crippen LogP contribution is 2.63. The molecule has 0 aromatic heterocycles. The van der Waals surface area contributed by atoms with E-state index in [0.29, 0.717) is 0 Å². The Hall–Kier alpha value is -7.22. The molecule has 0 heterocycles. The predicted molar refractivity (Wildman–Crippen MR) is 240 cm³/mol. The molecule has 1 nitrogen and oxygen atoms in total. The summed E-state index contributed by atoms with van der Waals surface area (Å²) in [5.41, 5.74) is 17.3. The van der Waals surface area contributed by atoms with Crippen LogP contribution in [0.5, 0.6) is 0 Å². The molecule has 0 aliphatic heterocycles. The maximum Gasteiger partial charge on any atom is 0.0726 e. The van der Waals surface area contributed by atoms with Gasteiger partial charge in [0.25, 0.3) is 0 Å². The highest BCUT2D eigenvalue weighted by molar-refractivity contribution is 6.25. The van der Waals surface area contributed by atoms with Gasteiger partial charge in [-0.1, -0.05) is 175 Å². The number of hydrogen-bond acceptors (Lipinski definition) is 1. The minimum absolute atomic E-state index is 0.429. The fraction of sp³-hybridized carbons (Fsp3) is 0.0357. The first-order valence-electron chi connectivity index (χ1n) is 19.9. The number of anilines is 3. The summed E-state index contributed by atoms with van der Waals surface area (Å²) >= 11 is 0. The molecule has 0 N–H and O–H groups in total. The zero-order valence-electron chi connectivity index (χ0n) is 31.6. The van der Waals surface area contributed by atoms with Crippen molar-refractivity contribution in [2.75, 3.05) is 4.90 Å². The van der Waals surface area contributed by atoms with Gasteiger partial charge in [-0.15, -0.1) is 0 Å². The van der Waals surface area contributed by atoms with Crippen LogP contribution in [0.4, 0.5) is 17.1 Å². The molecule has 1 heteroatoms. The molecule has 0 fully saturated rings.